The third-order valence-electron chi connectivity index (χ3n) is 3.69. The summed E-state index contributed by atoms with van der Waals surface area (Å²) in [5, 5.41) is 11.9. The normalized spacial score (nSPS) is 16.0. The molecule has 0 radical (unpaired) electrons. The number of benzene rings is 1. The van der Waals surface area contributed by atoms with E-state index < -0.39 is 11.9 Å². The molecule has 0 N–H and O–H groups in total. The number of carboxylic acids is 1. The number of aliphatic carboxylic acids is 1. The first-order valence-electron chi connectivity index (χ1n) is 6.39. The Morgan fingerprint density at radius 1 is 1.18 bits per heavy atom. The first-order chi connectivity index (χ1) is 9.99. The van der Waals surface area contributed by atoms with Crippen LogP contribution >= 0.6 is 23.2 Å². The van der Waals surface area contributed by atoms with Crippen molar-refractivity contribution in [1.82, 2.24) is 4.57 Å². The van der Waals surface area contributed by atoms with E-state index in [0.717, 1.165) is 0 Å². The van der Waals surface area contributed by atoms with Gasteiger partial charge in [0.1, 0.15) is 5.69 Å². The zero-order valence-electron chi connectivity index (χ0n) is 11.8. The Morgan fingerprint density at radius 2 is 1.82 bits per heavy atom. The van der Waals surface area contributed by atoms with Crippen LogP contribution in [-0.2, 0) is 11.3 Å². The van der Waals surface area contributed by atoms with Crippen LogP contribution in [0.15, 0.2) is 30.3 Å². The predicted octanol–water partition coefficient (Wildman–Crippen LogP) is -0.733. The van der Waals surface area contributed by atoms with Crippen molar-refractivity contribution in [2.24, 2.45) is 0 Å². The van der Waals surface area contributed by atoms with Crippen molar-refractivity contribution < 1.29 is 66.1 Å². The van der Waals surface area contributed by atoms with Crippen molar-refractivity contribution in [2.45, 2.75) is 18.9 Å². The van der Waals surface area contributed by atoms with Gasteiger partial charge in [-0.05, 0) is 36.8 Å². The van der Waals surface area contributed by atoms with Gasteiger partial charge < -0.3 is 14.5 Å². The van der Waals surface area contributed by atoms with Gasteiger partial charge >= 0.3 is 51.4 Å². The van der Waals surface area contributed by atoms with Gasteiger partial charge in [-0.1, -0.05) is 23.2 Å². The van der Waals surface area contributed by atoms with Gasteiger partial charge in [0.25, 0.3) is 0 Å². The molecule has 1 aliphatic rings. The predicted molar refractivity (Wildman–Crippen MR) is 76.7 cm³/mol. The van der Waals surface area contributed by atoms with Crippen LogP contribution in [0, 0.1) is 0 Å². The Bertz CT molecular complexity index is 740. The van der Waals surface area contributed by atoms with Gasteiger partial charge in [-0.3, -0.25) is 4.79 Å². The molecule has 0 fully saturated rings. The van der Waals surface area contributed by atoms with E-state index in [1.807, 2.05) is 0 Å². The second-order valence-electron chi connectivity index (χ2n) is 4.91. The summed E-state index contributed by atoms with van der Waals surface area (Å²) in [7, 11) is 0. The summed E-state index contributed by atoms with van der Waals surface area (Å²) in [6.45, 7) is 0.440. The Labute approximate surface area is 179 Å². The zero-order valence-corrected chi connectivity index (χ0v) is 16.4. The second-order valence-corrected chi connectivity index (χ2v) is 5.76. The molecule has 1 aromatic heterocycles. The van der Waals surface area contributed by atoms with E-state index in [9.17, 15) is 14.7 Å². The largest absolute Gasteiger partial charge is 1.00 e. The van der Waals surface area contributed by atoms with E-state index in [4.69, 9.17) is 23.2 Å². The number of carbonyl (C=O) groups is 2. The number of hydrogen-bond acceptors (Lipinski definition) is 3. The van der Waals surface area contributed by atoms with Crippen LogP contribution in [-0.4, -0.2) is 16.3 Å². The van der Waals surface area contributed by atoms with Crippen LogP contribution < -0.4 is 56.5 Å². The van der Waals surface area contributed by atoms with Crippen LogP contribution in [0.5, 0.6) is 0 Å². The smallest absolute Gasteiger partial charge is 0.549 e. The quantitative estimate of drug-likeness (QED) is 0.534. The average molecular weight is 362 g/mol. The summed E-state index contributed by atoms with van der Waals surface area (Å²) < 4.78 is 1.67. The molecular formula is C15H10Cl2KNO3. The van der Waals surface area contributed by atoms with Crippen LogP contribution in [0.25, 0.3) is 0 Å². The maximum absolute atomic E-state index is 12.6. The number of halogens is 2. The first-order valence-corrected chi connectivity index (χ1v) is 7.14. The van der Waals surface area contributed by atoms with Gasteiger partial charge in [0.15, 0.2) is 0 Å². The Balaban J connectivity index is 0.00000176. The van der Waals surface area contributed by atoms with Gasteiger partial charge in [-0.25, -0.2) is 0 Å². The molecule has 2 heterocycles. The van der Waals surface area contributed by atoms with Gasteiger partial charge in [-0.15, -0.1) is 0 Å². The van der Waals surface area contributed by atoms with Gasteiger partial charge in [0, 0.05) is 28.7 Å². The van der Waals surface area contributed by atoms with E-state index in [1.54, 1.807) is 28.8 Å². The minimum absolute atomic E-state index is 0. The maximum Gasteiger partial charge on any atom is 1.00 e. The second kappa shape index (κ2) is 7.17. The zero-order chi connectivity index (χ0) is 15.1. The maximum atomic E-state index is 12.6. The van der Waals surface area contributed by atoms with Crippen molar-refractivity contribution in [3.05, 3.63) is 57.3 Å². The van der Waals surface area contributed by atoms with Crippen molar-refractivity contribution in [2.75, 3.05) is 0 Å². The molecule has 0 spiro atoms. The summed E-state index contributed by atoms with van der Waals surface area (Å²) in [6, 6.07) is 8.03. The number of ketones is 1. The molecule has 1 atom stereocenters. The SMILES string of the molecule is O=C(c1ccc(Cl)cc1)c1c(Cl)cc2n1CCC2C(=O)[O-].[K+]. The first kappa shape index (κ1) is 18.2. The van der Waals surface area contributed by atoms with Crippen molar-refractivity contribution in [1.29, 1.82) is 0 Å². The molecule has 1 aromatic carbocycles. The molecular weight excluding hydrogens is 352 g/mol. The topological polar surface area (TPSA) is 62.1 Å². The number of carbonyl (C=O) groups excluding carboxylic acids is 2. The molecule has 22 heavy (non-hydrogen) atoms. The summed E-state index contributed by atoms with van der Waals surface area (Å²) in [6.07, 6.45) is 0.412. The monoisotopic (exact) mass is 361 g/mol. The number of fused-ring (bicyclic) bond motifs is 1. The van der Waals surface area contributed by atoms with Gasteiger partial charge in [0.2, 0.25) is 5.78 Å². The number of rotatable bonds is 3. The fourth-order valence-corrected chi connectivity index (χ4v) is 3.10. The Hall–Kier alpha value is -0.144. The minimum Gasteiger partial charge on any atom is -0.549 e. The number of aromatic nitrogens is 1. The molecule has 3 rings (SSSR count). The molecule has 0 saturated carbocycles. The third kappa shape index (κ3) is 3.22. The Morgan fingerprint density at radius 3 is 2.41 bits per heavy atom. The van der Waals surface area contributed by atoms with E-state index in [-0.39, 0.29) is 62.2 Å². The van der Waals surface area contributed by atoms with Crippen molar-refractivity contribution in [3.8, 4) is 0 Å². The molecule has 4 nitrogen and oxygen atoms in total. The molecule has 1 unspecified atom stereocenters. The van der Waals surface area contributed by atoms with Crippen LogP contribution in [0.2, 0.25) is 10.0 Å². The van der Waals surface area contributed by atoms with Gasteiger partial charge in [-0.2, -0.15) is 0 Å². The summed E-state index contributed by atoms with van der Waals surface area (Å²) in [4.78, 5) is 23.7. The molecule has 0 bridgehead atoms. The molecule has 108 valence electrons. The summed E-state index contributed by atoms with van der Waals surface area (Å²) in [5.41, 5.74) is 1.30. The van der Waals surface area contributed by atoms with Crippen LogP contribution in [0.1, 0.15) is 34.1 Å². The van der Waals surface area contributed by atoms with E-state index >= 15 is 0 Å². The molecule has 2 aromatic rings. The van der Waals surface area contributed by atoms with E-state index in [0.29, 0.717) is 34.9 Å². The molecule has 1 aliphatic heterocycles. The molecule has 7 heteroatoms. The van der Waals surface area contributed by atoms with Gasteiger partial charge in [0.05, 0.1) is 11.0 Å². The molecule has 0 saturated heterocycles. The minimum atomic E-state index is -1.14. The van der Waals surface area contributed by atoms with Crippen molar-refractivity contribution in [3.63, 3.8) is 0 Å². The number of nitrogens with zero attached hydrogens (tertiary/aromatic N) is 1. The molecule has 0 amide bonds. The molecule has 0 aliphatic carbocycles. The van der Waals surface area contributed by atoms with E-state index in [2.05, 4.69) is 0 Å². The summed E-state index contributed by atoms with van der Waals surface area (Å²) >= 11 is 11.9. The third-order valence-corrected chi connectivity index (χ3v) is 4.23. The van der Waals surface area contributed by atoms with Crippen LogP contribution in [0.4, 0.5) is 0 Å². The average Bonchev–Trinajstić information content (AvgIpc) is 2.96. The standard InChI is InChI=1S/C15H11Cl2NO3.K/c16-9-3-1-8(2-4-9)14(19)13-11(17)7-12-10(15(20)21)5-6-18(12)13;/h1-4,7,10H,5-6H2,(H,20,21);/q;+1/p-1. The number of hydrogen-bond donors (Lipinski definition) is 0. The van der Waals surface area contributed by atoms with E-state index in [1.165, 1.54) is 6.07 Å². The fourth-order valence-electron chi connectivity index (χ4n) is 2.68. The number of carboxylic acid groups (broad SMARTS) is 1. The van der Waals surface area contributed by atoms with Crippen LogP contribution in [0.3, 0.4) is 0 Å². The Kier molecular flexibility index (Phi) is 5.93. The summed E-state index contributed by atoms with van der Waals surface area (Å²) in [5.74, 6) is -2.11. The fraction of sp³-hybridized carbons (Fsp3) is 0.200. The van der Waals surface area contributed by atoms with Crippen molar-refractivity contribution >= 4 is 35.0 Å².